The van der Waals surface area contributed by atoms with Crippen molar-refractivity contribution in [3.05, 3.63) is 50.8 Å². The van der Waals surface area contributed by atoms with Gasteiger partial charge < -0.3 is 5.32 Å². The van der Waals surface area contributed by atoms with Crippen LogP contribution in [0.5, 0.6) is 0 Å². The lowest BCUT2D eigenvalue weighted by atomic mass is 10.2. The van der Waals surface area contributed by atoms with Gasteiger partial charge in [0.05, 0.1) is 12.4 Å². The lowest BCUT2D eigenvalue weighted by Gasteiger charge is -2.05. The van der Waals surface area contributed by atoms with Crippen LogP contribution in [0.25, 0.3) is 0 Å². The molecule has 0 radical (unpaired) electrons. The minimum Gasteiger partial charge on any atom is -0.305 e. The molecule has 0 bridgehead atoms. The van der Waals surface area contributed by atoms with E-state index in [1.54, 1.807) is 6.07 Å². The van der Waals surface area contributed by atoms with Crippen LogP contribution in [0.2, 0.25) is 10.0 Å². The second-order valence-electron chi connectivity index (χ2n) is 3.34. The minimum absolute atomic E-state index is 0.347. The van der Waals surface area contributed by atoms with Crippen molar-refractivity contribution in [3.63, 3.8) is 0 Å². The molecule has 0 aliphatic heterocycles. The summed E-state index contributed by atoms with van der Waals surface area (Å²) in [5, 5.41) is 3.38. The van der Waals surface area contributed by atoms with Gasteiger partial charge in [-0.2, -0.15) is 0 Å². The van der Waals surface area contributed by atoms with E-state index in [0.29, 0.717) is 26.0 Å². The monoisotopic (exact) mass is 345 g/mol. The normalized spacial score (nSPS) is 10.2. The molecule has 18 heavy (non-hydrogen) atoms. The number of hydrogen-bond donors (Lipinski definition) is 1. The van der Waals surface area contributed by atoms with Gasteiger partial charge in [0, 0.05) is 15.6 Å². The van der Waals surface area contributed by atoms with E-state index in [9.17, 15) is 4.79 Å². The smallest absolute Gasteiger partial charge is 0.256 e. The van der Waals surface area contributed by atoms with E-state index >= 15 is 0 Å². The molecule has 0 fully saturated rings. The van der Waals surface area contributed by atoms with E-state index in [-0.39, 0.29) is 5.91 Å². The average Bonchev–Trinajstić information content (AvgIpc) is 2.31. The number of halogens is 3. The van der Waals surface area contributed by atoms with E-state index < -0.39 is 0 Å². The fourth-order valence-corrected chi connectivity index (χ4v) is 1.98. The summed E-state index contributed by atoms with van der Waals surface area (Å²) in [5.74, 6) is -0.00433. The highest BCUT2D eigenvalue weighted by Gasteiger charge is 2.09. The highest BCUT2D eigenvalue weighted by molar-refractivity contribution is 9.10. The van der Waals surface area contributed by atoms with Crippen LogP contribution in [0, 0.1) is 0 Å². The summed E-state index contributed by atoms with van der Waals surface area (Å²) in [4.78, 5) is 19.8. The van der Waals surface area contributed by atoms with Crippen molar-refractivity contribution in [2.45, 2.75) is 0 Å². The van der Waals surface area contributed by atoms with Crippen molar-refractivity contribution in [2.24, 2.45) is 0 Å². The molecule has 7 heteroatoms. The zero-order valence-electron chi connectivity index (χ0n) is 8.82. The maximum Gasteiger partial charge on any atom is 0.256 e. The van der Waals surface area contributed by atoms with Gasteiger partial charge >= 0.3 is 0 Å². The van der Waals surface area contributed by atoms with Crippen molar-refractivity contribution in [3.8, 4) is 0 Å². The lowest BCUT2D eigenvalue weighted by molar-refractivity contribution is 0.102. The van der Waals surface area contributed by atoms with Gasteiger partial charge in [-0.15, -0.1) is 0 Å². The van der Waals surface area contributed by atoms with Gasteiger partial charge in [0.1, 0.15) is 4.60 Å². The number of carbonyl (C=O) groups excluding carboxylic acids is 1. The van der Waals surface area contributed by atoms with Crippen LogP contribution < -0.4 is 5.32 Å². The van der Waals surface area contributed by atoms with Crippen LogP contribution in [0.15, 0.2) is 35.2 Å². The number of aromatic nitrogens is 2. The number of rotatable bonds is 2. The molecule has 0 aliphatic carbocycles. The van der Waals surface area contributed by atoms with Crippen LogP contribution >= 0.6 is 39.1 Å². The van der Waals surface area contributed by atoms with E-state index in [0.717, 1.165) is 0 Å². The molecule has 1 amide bonds. The average molecular weight is 347 g/mol. The highest BCUT2D eigenvalue weighted by Crippen LogP contribution is 2.19. The second kappa shape index (κ2) is 5.65. The molecule has 1 aromatic carbocycles. The third-order valence-electron chi connectivity index (χ3n) is 1.99. The molecule has 92 valence electrons. The topological polar surface area (TPSA) is 54.9 Å². The lowest BCUT2D eigenvalue weighted by Crippen LogP contribution is -2.13. The number of benzene rings is 1. The highest BCUT2D eigenvalue weighted by atomic mass is 79.9. The number of amides is 1. The Morgan fingerprint density at radius 2 is 1.78 bits per heavy atom. The number of nitrogens with zero attached hydrogens (tertiary/aromatic N) is 2. The van der Waals surface area contributed by atoms with E-state index in [4.69, 9.17) is 23.2 Å². The van der Waals surface area contributed by atoms with Crippen molar-refractivity contribution in [1.29, 1.82) is 0 Å². The Hall–Kier alpha value is -1.17. The van der Waals surface area contributed by atoms with Crippen molar-refractivity contribution in [2.75, 3.05) is 5.32 Å². The Labute approximate surface area is 121 Å². The van der Waals surface area contributed by atoms with Crippen LogP contribution in [0.3, 0.4) is 0 Å². The Balaban J connectivity index is 2.19. The quantitative estimate of drug-likeness (QED) is 0.899. The molecule has 1 heterocycles. The molecule has 0 aliphatic rings. The van der Waals surface area contributed by atoms with E-state index in [2.05, 4.69) is 31.2 Å². The Morgan fingerprint density at radius 1 is 1.11 bits per heavy atom. The molecule has 2 aromatic rings. The number of carbonyl (C=O) groups is 1. The molecule has 2 rings (SSSR count). The molecule has 0 saturated heterocycles. The molecule has 0 spiro atoms. The molecule has 1 N–H and O–H groups in total. The van der Waals surface area contributed by atoms with Gasteiger partial charge in [0.15, 0.2) is 5.82 Å². The predicted molar refractivity (Wildman–Crippen MR) is 74.1 cm³/mol. The third kappa shape index (κ3) is 3.41. The summed E-state index contributed by atoms with van der Waals surface area (Å²) in [6.07, 6.45) is 2.93. The van der Waals surface area contributed by atoms with Gasteiger partial charge in [-0.1, -0.05) is 23.2 Å². The summed E-state index contributed by atoms with van der Waals surface area (Å²) in [5.41, 5.74) is 0.359. The third-order valence-corrected chi connectivity index (χ3v) is 2.83. The van der Waals surface area contributed by atoms with Crippen LogP contribution in [0.1, 0.15) is 10.4 Å². The molecule has 4 nitrogen and oxygen atoms in total. The Bertz CT molecular complexity index is 569. The van der Waals surface area contributed by atoms with Crippen molar-refractivity contribution in [1.82, 2.24) is 9.97 Å². The summed E-state index contributed by atoms with van der Waals surface area (Å²) >= 11 is 14.8. The fourth-order valence-electron chi connectivity index (χ4n) is 1.25. The van der Waals surface area contributed by atoms with Crippen molar-refractivity contribution >= 4 is 50.9 Å². The first-order valence-electron chi connectivity index (χ1n) is 4.79. The zero-order valence-corrected chi connectivity index (χ0v) is 11.9. The summed E-state index contributed by atoms with van der Waals surface area (Å²) in [6, 6.07) is 4.60. The molecule has 1 aromatic heterocycles. The molecule has 0 saturated carbocycles. The molecule has 0 atom stereocenters. The standard InChI is InChI=1S/C11H6BrCl2N3O/c12-9-4-16-10(5-15-9)17-11(18)6-1-7(13)3-8(14)2-6/h1-5H,(H,16,17,18). The predicted octanol–water partition coefficient (Wildman–Crippen LogP) is 3.80. The molecule has 0 unspecified atom stereocenters. The van der Waals surface area contributed by atoms with Gasteiger partial charge in [0.25, 0.3) is 5.91 Å². The van der Waals surface area contributed by atoms with Crippen molar-refractivity contribution < 1.29 is 4.79 Å². The van der Waals surface area contributed by atoms with Crippen LogP contribution in [0.4, 0.5) is 5.82 Å². The zero-order chi connectivity index (χ0) is 13.1. The van der Waals surface area contributed by atoms with Crippen LogP contribution in [-0.4, -0.2) is 15.9 Å². The maximum absolute atomic E-state index is 11.9. The van der Waals surface area contributed by atoms with E-state index in [1.165, 1.54) is 24.5 Å². The summed E-state index contributed by atoms with van der Waals surface area (Å²) < 4.78 is 0.589. The largest absolute Gasteiger partial charge is 0.305 e. The molecular formula is C11H6BrCl2N3O. The first-order valence-corrected chi connectivity index (χ1v) is 6.34. The maximum atomic E-state index is 11.9. The van der Waals surface area contributed by atoms with Gasteiger partial charge in [-0.25, -0.2) is 9.97 Å². The van der Waals surface area contributed by atoms with E-state index in [1.807, 2.05) is 0 Å². The SMILES string of the molecule is O=C(Nc1cnc(Br)cn1)c1cc(Cl)cc(Cl)c1. The molecular weight excluding hydrogens is 341 g/mol. The minimum atomic E-state index is -0.351. The first-order chi connectivity index (χ1) is 8.54. The van der Waals surface area contributed by atoms with Crippen LogP contribution in [-0.2, 0) is 0 Å². The van der Waals surface area contributed by atoms with Gasteiger partial charge in [-0.05, 0) is 34.1 Å². The summed E-state index contributed by atoms with van der Waals surface area (Å²) in [6.45, 7) is 0. The number of nitrogens with one attached hydrogen (secondary N) is 1. The first kappa shape index (κ1) is 13.3. The Morgan fingerprint density at radius 3 is 2.33 bits per heavy atom. The fraction of sp³-hybridized carbons (Fsp3) is 0. The van der Waals surface area contributed by atoms with Gasteiger partial charge in [-0.3, -0.25) is 4.79 Å². The number of anilines is 1. The van der Waals surface area contributed by atoms with Gasteiger partial charge in [0.2, 0.25) is 0 Å². The number of hydrogen-bond acceptors (Lipinski definition) is 3. The second-order valence-corrected chi connectivity index (χ2v) is 5.02. The Kier molecular flexibility index (Phi) is 4.16. The summed E-state index contributed by atoms with van der Waals surface area (Å²) in [7, 11) is 0.